The Morgan fingerprint density at radius 3 is 1.87 bits per heavy atom. The van der Waals surface area contributed by atoms with E-state index in [1.807, 2.05) is 0 Å². The molecule has 1 aromatic rings. The Kier molecular flexibility index (Phi) is 10.1. The van der Waals surface area contributed by atoms with E-state index in [1.54, 1.807) is 0 Å². The topological polar surface area (TPSA) is 68.2 Å². The van der Waals surface area contributed by atoms with Gasteiger partial charge in [0.25, 0.3) is 0 Å². The first-order chi connectivity index (χ1) is 13.7. The summed E-state index contributed by atoms with van der Waals surface area (Å²) < 4.78 is 18.7. The molecule has 0 aliphatic carbocycles. The first-order valence-electron chi connectivity index (χ1n) is 11.1. The van der Waals surface area contributed by atoms with Crippen molar-refractivity contribution in [3.8, 4) is 11.5 Å². The standard InChI is InChI=1S/C23H44O5Si2/c1-16(2)21-17(3)22(27-29(5,6)7)18(4)23(28-30(8,9)10)20(21)12-11-13-26-15-19(25)14-24/h16,19,24-25H,11-15H2,1-10H3. The van der Waals surface area contributed by atoms with Gasteiger partial charge in [0.15, 0.2) is 0 Å². The lowest BCUT2D eigenvalue weighted by molar-refractivity contribution is 0.00572. The summed E-state index contributed by atoms with van der Waals surface area (Å²) in [5.41, 5.74) is 4.90. The molecule has 0 bridgehead atoms. The van der Waals surface area contributed by atoms with Crippen LogP contribution in [-0.2, 0) is 11.2 Å². The molecule has 0 amide bonds. The smallest absolute Gasteiger partial charge is 0.242 e. The Hall–Kier alpha value is -0.866. The van der Waals surface area contributed by atoms with Gasteiger partial charge in [-0.05, 0) is 88.6 Å². The van der Waals surface area contributed by atoms with Crippen LogP contribution in [0.25, 0.3) is 0 Å². The zero-order chi connectivity index (χ0) is 23.3. The molecule has 1 aromatic carbocycles. The minimum absolute atomic E-state index is 0.160. The van der Waals surface area contributed by atoms with E-state index in [9.17, 15) is 5.11 Å². The highest BCUT2D eigenvalue weighted by Gasteiger charge is 2.29. The summed E-state index contributed by atoms with van der Waals surface area (Å²) in [5, 5.41) is 18.4. The number of benzene rings is 1. The normalized spacial score (nSPS) is 13.6. The van der Waals surface area contributed by atoms with Crippen LogP contribution in [0, 0.1) is 13.8 Å². The van der Waals surface area contributed by atoms with Crippen molar-refractivity contribution < 1.29 is 23.8 Å². The fourth-order valence-electron chi connectivity index (χ4n) is 3.64. The van der Waals surface area contributed by atoms with E-state index in [4.69, 9.17) is 18.7 Å². The molecule has 0 heterocycles. The van der Waals surface area contributed by atoms with E-state index in [2.05, 4.69) is 67.0 Å². The zero-order valence-electron chi connectivity index (χ0n) is 20.8. The molecule has 0 saturated heterocycles. The second-order valence-corrected chi connectivity index (χ2v) is 19.3. The second-order valence-electron chi connectivity index (χ2n) is 10.4. The highest BCUT2D eigenvalue weighted by Crippen LogP contribution is 2.43. The van der Waals surface area contributed by atoms with Crippen molar-refractivity contribution in [1.29, 1.82) is 0 Å². The maximum absolute atomic E-state index is 9.46. The third kappa shape index (κ3) is 8.34. The molecule has 0 radical (unpaired) electrons. The molecule has 0 aromatic heterocycles. The maximum Gasteiger partial charge on any atom is 0.242 e. The van der Waals surface area contributed by atoms with Crippen molar-refractivity contribution in [2.24, 2.45) is 0 Å². The Bertz CT molecular complexity index is 691. The SMILES string of the molecule is Cc1c(O[Si](C)(C)C)c(C)c(C(C)C)c(CCCOCC(O)CO)c1O[Si](C)(C)C. The van der Waals surface area contributed by atoms with Crippen LogP contribution in [0.4, 0.5) is 0 Å². The molecule has 30 heavy (non-hydrogen) atoms. The van der Waals surface area contributed by atoms with Gasteiger partial charge in [-0.3, -0.25) is 0 Å². The lowest BCUT2D eigenvalue weighted by Crippen LogP contribution is -2.32. The molecule has 174 valence electrons. The Morgan fingerprint density at radius 2 is 1.40 bits per heavy atom. The first kappa shape index (κ1) is 27.2. The summed E-state index contributed by atoms with van der Waals surface area (Å²) in [6.45, 7) is 22.5. The van der Waals surface area contributed by atoms with Crippen LogP contribution in [0.15, 0.2) is 0 Å². The highest BCUT2D eigenvalue weighted by molar-refractivity contribution is 6.71. The minimum atomic E-state index is -1.83. The molecule has 1 unspecified atom stereocenters. The summed E-state index contributed by atoms with van der Waals surface area (Å²) in [5.74, 6) is 2.34. The van der Waals surface area contributed by atoms with E-state index in [0.717, 1.165) is 29.9 Å². The minimum Gasteiger partial charge on any atom is -0.544 e. The molecule has 1 atom stereocenters. The third-order valence-electron chi connectivity index (χ3n) is 4.66. The molecule has 0 fully saturated rings. The summed E-state index contributed by atoms with van der Waals surface area (Å²) in [4.78, 5) is 0. The predicted molar refractivity (Wildman–Crippen MR) is 130 cm³/mol. The number of aliphatic hydroxyl groups excluding tert-OH is 2. The van der Waals surface area contributed by atoms with E-state index in [-0.39, 0.29) is 13.2 Å². The van der Waals surface area contributed by atoms with Crippen molar-refractivity contribution in [2.45, 2.75) is 91.8 Å². The molecule has 0 spiro atoms. The number of hydrogen-bond acceptors (Lipinski definition) is 5. The van der Waals surface area contributed by atoms with Crippen molar-refractivity contribution in [1.82, 2.24) is 0 Å². The quantitative estimate of drug-likeness (QED) is 0.336. The van der Waals surface area contributed by atoms with Crippen LogP contribution in [0.1, 0.15) is 48.4 Å². The van der Waals surface area contributed by atoms with Gasteiger partial charge in [-0.15, -0.1) is 0 Å². The van der Waals surface area contributed by atoms with Gasteiger partial charge < -0.3 is 23.8 Å². The molecular formula is C23H44O5Si2. The highest BCUT2D eigenvalue weighted by atomic mass is 28.4. The van der Waals surface area contributed by atoms with Crippen LogP contribution >= 0.6 is 0 Å². The van der Waals surface area contributed by atoms with Crippen molar-refractivity contribution in [2.75, 3.05) is 19.8 Å². The van der Waals surface area contributed by atoms with E-state index >= 15 is 0 Å². The van der Waals surface area contributed by atoms with Gasteiger partial charge in [-0.25, -0.2) is 0 Å². The largest absolute Gasteiger partial charge is 0.544 e. The van der Waals surface area contributed by atoms with Crippen LogP contribution in [0.2, 0.25) is 39.3 Å². The molecule has 5 nitrogen and oxygen atoms in total. The Balaban J connectivity index is 3.37. The number of rotatable bonds is 12. The van der Waals surface area contributed by atoms with E-state index in [1.165, 1.54) is 16.7 Å². The van der Waals surface area contributed by atoms with Gasteiger partial charge >= 0.3 is 0 Å². The van der Waals surface area contributed by atoms with Crippen molar-refractivity contribution >= 4 is 16.6 Å². The number of aliphatic hydroxyl groups is 2. The van der Waals surface area contributed by atoms with Gasteiger partial charge in [-0.2, -0.15) is 0 Å². The molecule has 0 aliphatic heterocycles. The van der Waals surface area contributed by atoms with Gasteiger partial charge in [-0.1, -0.05) is 13.8 Å². The fourth-order valence-corrected chi connectivity index (χ4v) is 5.45. The Labute approximate surface area is 186 Å². The first-order valence-corrected chi connectivity index (χ1v) is 17.9. The fraction of sp³-hybridized carbons (Fsp3) is 0.739. The molecular weight excluding hydrogens is 412 g/mol. The van der Waals surface area contributed by atoms with Crippen LogP contribution in [-0.4, -0.2) is 52.8 Å². The molecule has 0 saturated carbocycles. The summed E-state index contributed by atoms with van der Waals surface area (Å²) in [7, 11) is -3.60. The van der Waals surface area contributed by atoms with Gasteiger partial charge in [0.1, 0.15) is 17.6 Å². The van der Waals surface area contributed by atoms with Crippen molar-refractivity contribution in [3.63, 3.8) is 0 Å². The monoisotopic (exact) mass is 456 g/mol. The van der Waals surface area contributed by atoms with Gasteiger partial charge in [0.05, 0.1) is 13.2 Å². The van der Waals surface area contributed by atoms with Crippen LogP contribution in [0.3, 0.4) is 0 Å². The van der Waals surface area contributed by atoms with Gasteiger partial charge in [0.2, 0.25) is 16.6 Å². The molecule has 2 N–H and O–H groups in total. The lowest BCUT2D eigenvalue weighted by atomic mass is 9.87. The predicted octanol–water partition coefficient (Wildman–Crippen LogP) is 5.16. The van der Waals surface area contributed by atoms with E-state index < -0.39 is 22.7 Å². The molecule has 7 heteroatoms. The summed E-state index contributed by atoms with van der Waals surface area (Å²) in [6, 6.07) is 0. The average molecular weight is 457 g/mol. The molecule has 1 rings (SSSR count). The van der Waals surface area contributed by atoms with Crippen LogP contribution < -0.4 is 8.85 Å². The average Bonchev–Trinajstić information content (AvgIpc) is 2.59. The zero-order valence-corrected chi connectivity index (χ0v) is 22.8. The van der Waals surface area contributed by atoms with Crippen LogP contribution in [0.5, 0.6) is 11.5 Å². The Morgan fingerprint density at radius 1 is 0.867 bits per heavy atom. The number of hydrogen-bond donors (Lipinski definition) is 2. The van der Waals surface area contributed by atoms with Gasteiger partial charge in [0, 0.05) is 12.2 Å². The maximum atomic E-state index is 9.46. The number of ether oxygens (including phenoxy) is 1. The second kappa shape index (κ2) is 11.1. The van der Waals surface area contributed by atoms with E-state index in [0.29, 0.717) is 12.5 Å². The molecule has 0 aliphatic rings. The summed E-state index contributed by atoms with van der Waals surface area (Å²) in [6.07, 6.45) is 0.856. The van der Waals surface area contributed by atoms with Crippen molar-refractivity contribution in [3.05, 3.63) is 22.3 Å². The summed E-state index contributed by atoms with van der Waals surface area (Å²) >= 11 is 0. The lowest BCUT2D eigenvalue weighted by Gasteiger charge is -2.32. The third-order valence-corrected chi connectivity index (χ3v) is 6.29.